The van der Waals surface area contributed by atoms with Crippen LogP contribution in [0.5, 0.6) is 0 Å². The number of imide groups is 1. The van der Waals surface area contributed by atoms with Crippen molar-refractivity contribution in [3.63, 3.8) is 0 Å². The molecule has 0 bridgehead atoms. The lowest BCUT2D eigenvalue weighted by molar-refractivity contribution is -0.121. The highest BCUT2D eigenvalue weighted by molar-refractivity contribution is 6.30. The number of hydrogen-bond donors (Lipinski definition) is 1. The number of benzene rings is 2. The molecule has 0 aromatic heterocycles. The molecule has 0 saturated carbocycles. The van der Waals surface area contributed by atoms with Crippen molar-refractivity contribution in [2.45, 2.75) is 18.9 Å². The van der Waals surface area contributed by atoms with Crippen molar-refractivity contribution in [3.05, 3.63) is 64.7 Å². The molecule has 3 rings (SSSR count). The van der Waals surface area contributed by atoms with Gasteiger partial charge in [-0.15, -0.1) is 0 Å². The molecule has 2 aromatic rings. The summed E-state index contributed by atoms with van der Waals surface area (Å²) in [6.45, 7) is 0.570. The summed E-state index contributed by atoms with van der Waals surface area (Å²) in [5, 5.41) is 3.82. The normalized spacial score (nSPS) is 16.7. The summed E-state index contributed by atoms with van der Waals surface area (Å²) >= 11 is 5.87. The first-order valence-electron chi connectivity index (χ1n) is 8.52. The molecule has 0 spiro atoms. The molecule has 6 nitrogen and oxygen atoms in total. The summed E-state index contributed by atoms with van der Waals surface area (Å²) in [5.41, 5.74) is 1.90. The largest absolute Gasteiger partial charge is 0.465 e. The standard InChI is InChI=1S/C20H19ClN2O4/c1-27-20(26)14-4-8-16(9-5-14)23-18(24)12-17(19(23)25)22-11-10-13-2-6-15(21)7-3-13/h2-9,17,22H,10-12H2,1H3/t17-/m0/s1. The number of anilines is 1. The Labute approximate surface area is 162 Å². The van der Waals surface area contributed by atoms with Gasteiger partial charge in [-0.05, 0) is 54.9 Å². The summed E-state index contributed by atoms with van der Waals surface area (Å²) in [7, 11) is 1.30. The van der Waals surface area contributed by atoms with Crippen LogP contribution in [0.2, 0.25) is 5.02 Å². The van der Waals surface area contributed by atoms with E-state index in [1.54, 1.807) is 12.1 Å². The first kappa shape index (κ1) is 19.1. The summed E-state index contributed by atoms with van der Waals surface area (Å²) < 4.78 is 4.64. The minimum atomic E-state index is -0.551. The van der Waals surface area contributed by atoms with E-state index in [9.17, 15) is 14.4 Å². The number of carbonyl (C=O) groups excluding carboxylic acids is 3. The Morgan fingerprint density at radius 1 is 1.15 bits per heavy atom. The number of esters is 1. The van der Waals surface area contributed by atoms with Crippen LogP contribution in [-0.2, 0) is 20.7 Å². The van der Waals surface area contributed by atoms with Gasteiger partial charge in [0.2, 0.25) is 5.91 Å². The lowest BCUT2D eigenvalue weighted by atomic mass is 10.1. The first-order chi connectivity index (χ1) is 13.0. The molecule has 27 heavy (non-hydrogen) atoms. The van der Waals surface area contributed by atoms with Crippen LogP contribution in [0.4, 0.5) is 5.69 Å². The highest BCUT2D eigenvalue weighted by atomic mass is 35.5. The van der Waals surface area contributed by atoms with Gasteiger partial charge in [-0.25, -0.2) is 9.69 Å². The SMILES string of the molecule is COC(=O)c1ccc(N2C(=O)C[C@H](NCCc3ccc(Cl)cc3)C2=O)cc1. The molecule has 1 aliphatic rings. The van der Waals surface area contributed by atoms with E-state index in [1.165, 1.54) is 19.2 Å². The topological polar surface area (TPSA) is 75.7 Å². The van der Waals surface area contributed by atoms with Crippen LogP contribution in [0.25, 0.3) is 0 Å². The van der Waals surface area contributed by atoms with Crippen LogP contribution in [-0.4, -0.2) is 37.5 Å². The molecule has 7 heteroatoms. The fraction of sp³-hybridized carbons (Fsp3) is 0.250. The smallest absolute Gasteiger partial charge is 0.337 e. The van der Waals surface area contributed by atoms with Crippen molar-refractivity contribution in [3.8, 4) is 0 Å². The average molecular weight is 387 g/mol. The van der Waals surface area contributed by atoms with Gasteiger partial charge in [-0.3, -0.25) is 9.59 Å². The molecule has 1 aliphatic heterocycles. The number of nitrogens with zero attached hydrogens (tertiary/aromatic N) is 1. The van der Waals surface area contributed by atoms with Crippen molar-refractivity contribution in [1.82, 2.24) is 5.32 Å². The Morgan fingerprint density at radius 3 is 2.44 bits per heavy atom. The van der Waals surface area contributed by atoms with E-state index in [1.807, 2.05) is 24.3 Å². The zero-order valence-corrected chi connectivity index (χ0v) is 15.5. The number of ether oxygens (including phenoxy) is 1. The van der Waals surface area contributed by atoms with E-state index in [2.05, 4.69) is 10.1 Å². The van der Waals surface area contributed by atoms with E-state index in [-0.39, 0.29) is 18.2 Å². The number of rotatable bonds is 6. The predicted molar refractivity (Wildman–Crippen MR) is 102 cm³/mol. The Morgan fingerprint density at radius 2 is 1.81 bits per heavy atom. The van der Waals surface area contributed by atoms with Crippen molar-refractivity contribution < 1.29 is 19.1 Å². The molecular formula is C20H19ClN2O4. The Bertz CT molecular complexity index is 849. The number of methoxy groups -OCH3 is 1. The van der Waals surface area contributed by atoms with Crippen molar-refractivity contribution in [2.75, 3.05) is 18.6 Å². The molecule has 140 valence electrons. The van der Waals surface area contributed by atoms with Gasteiger partial charge in [0.1, 0.15) is 0 Å². The zero-order valence-electron chi connectivity index (χ0n) is 14.8. The summed E-state index contributed by atoms with van der Waals surface area (Å²) in [4.78, 5) is 37.6. The minimum absolute atomic E-state index is 0.109. The highest BCUT2D eigenvalue weighted by Gasteiger charge is 2.39. The number of amides is 2. The van der Waals surface area contributed by atoms with E-state index < -0.39 is 12.0 Å². The molecule has 2 amide bonds. The second kappa shape index (κ2) is 8.33. The highest BCUT2D eigenvalue weighted by Crippen LogP contribution is 2.23. The molecule has 1 atom stereocenters. The minimum Gasteiger partial charge on any atom is -0.465 e. The van der Waals surface area contributed by atoms with Gasteiger partial charge in [-0.1, -0.05) is 23.7 Å². The van der Waals surface area contributed by atoms with Gasteiger partial charge >= 0.3 is 5.97 Å². The van der Waals surface area contributed by atoms with E-state index in [0.717, 1.165) is 16.9 Å². The van der Waals surface area contributed by atoms with Gasteiger partial charge in [-0.2, -0.15) is 0 Å². The second-order valence-corrected chi connectivity index (χ2v) is 6.63. The van der Waals surface area contributed by atoms with Crippen molar-refractivity contribution in [2.24, 2.45) is 0 Å². The Kier molecular flexibility index (Phi) is 5.88. The van der Waals surface area contributed by atoms with Crippen LogP contribution >= 0.6 is 11.6 Å². The Balaban J connectivity index is 1.61. The fourth-order valence-electron chi connectivity index (χ4n) is 2.97. The average Bonchev–Trinajstić information content (AvgIpc) is 2.96. The number of carbonyl (C=O) groups is 3. The molecule has 1 fully saturated rings. The fourth-order valence-corrected chi connectivity index (χ4v) is 3.09. The maximum absolute atomic E-state index is 12.6. The Hall–Kier alpha value is -2.70. The lowest BCUT2D eigenvalue weighted by Gasteiger charge is -2.16. The number of hydrogen-bond acceptors (Lipinski definition) is 5. The third-order valence-electron chi connectivity index (χ3n) is 4.41. The van der Waals surface area contributed by atoms with Crippen LogP contribution in [0, 0.1) is 0 Å². The first-order valence-corrected chi connectivity index (χ1v) is 8.90. The number of halogens is 1. The van der Waals surface area contributed by atoms with Gasteiger partial charge in [0.15, 0.2) is 0 Å². The van der Waals surface area contributed by atoms with Gasteiger partial charge in [0.05, 0.1) is 30.8 Å². The van der Waals surface area contributed by atoms with Crippen molar-refractivity contribution >= 4 is 35.1 Å². The molecule has 0 aliphatic carbocycles. The maximum atomic E-state index is 12.6. The third kappa shape index (κ3) is 4.35. The van der Waals surface area contributed by atoms with E-state index in [4.69, 9.17) is 11.6 Å². The molecule has 1 heterocycles. The molecule has 0 unspecified atom stereocenters. The molecule has 0 radical (unpaired) electrons. The molecule has 1 saturated heterocycles. The maximum Gasteiger partial charge on any atom is 0.337 e. The molecule has 1 N–H and O–H groups in total. The molecular weight excluding hydrogens is 368 g/mol. The van der Waals surface area contributed by atoms with Crippen LogP contribution < -0.4 is 10.2 Å². The molecule has 2 aromatic carbocycles. The number of nitrogens with one attached hydrogen (secondary N) is 1. The summed E-state index contributed by atoms with van der Waals surface area (Å²) in [6.07, 6.45) is 0.834. The van der Waals surface area contributed by atoms with Crippen LogP contribution in [0.15, 0.2) is 48.5 Å². The zero-order chi connectivity index (χ0) is 19.4. The van der Waals surface area contributed by atoms with Crippen LogP contribution in [0.3, 0.4) is 0 Å². The van der Waals surface area contributed by atoms with Crippen molar-refractivity contribution in [1.29, 1.82) is 0 Å². The summed E-state index contributed by atoms with van der Waals surface area (Å²) in [5.74, 6) is -1.03. The van der Waals surface area contributed by atoms with E-state index >= 15 is 0 Å². The summed E-state index contributed by atoms with van der Waals surface area (Å²) in [6, 6.07) is 13.1. The third-order valence-corrected chi connectivity index (χ3v) is 4.66. The second-order valence-electron chi connectivity index (χ2n) is 6.19. The van der Waals surface area contributed by atoms with Crippen LogP contribution in [0.1, 0.15) is 22.3 Å². The quantitative estimate of drug-likeness (QED) is 0.610. The van der Waals surface area contributed by atoms with E-state index in [0.29, 0.717) is 22.8 Å². The van der Waals surface area contributed by atoms with Gasteiger partial charge in [0, 0.05) is 5.02 Å². The predicted octanol–water partition coefficient (Wildman–Crippen LogP) is 2.59. The van der Waals surface area contributed by atoms with Gasteiger partial charge < -0.3 is 10.1 Å². The lowest BCUT2D eigenvalue weighted by Crippen LogP contribution is -2.39. The monoisotopic (exact) mass is 386 g/mol. The van der Waals surface area contributed by atoms with Gasteiger partial charge in [0.25, 0.3) is 5.91 Å².